The van der Waals surface area contributed by atoms with E-state index in [0.717, 1.165) is 22.1 Å². The molecule has 3 aromatic rings. The lowest BCUT2D eigenvalue weighted by Gasteiger charge is -2.10. The lowest BCUT2D eigenvalue weighted by Crippen LogP contribution is -1.98. The summed E-state index contributed by atoms with van der Waals surface area (Å²) in [6, 6.07) is 12.7. The lowest BCUT2D eigenvalue weighted by atomic mass is 10.1. The van der Waals surface area contributed by atoms with Crippen LogP contribution in [0.3, 0.4) is 0 Å². The van der Waals surface area contributed by atoms with E-state index in [1.165, 1.54) is 29.5 Å². The highest BCUT2D eigenvalue weighted by molar-refractivity contribution is 7.17. The maximum absolute atomic E-state index is 14.2. The number of nitro benzene ring substituents is 1. The van der Waals surface area contributed by atoms with Gasteiger partial charge in [-0.2, -0.15) is 0 Å². The molecule has 0 aliphatic carbocycles. The number of nitrogen functional groups attached to an aromatic ring is 1. The third-order valence-electron chi connectivity index (χ3n) is 3.99. The van der Waals surface area contributed by atoms with Crippen LogP contribution in [0.15, 0.2) is 67.3 Å². The van der Waals surface area contributed by atoms with E-state index < -0.39 is 10.7 Å². The van der Waals surface area contributed by atoms with Crippen LogP contribution in [0.1, 0.15) is 10.4 Å². The minimum atomic E-state index is -0.846. The molecule has 0 fully saturated rings. The van der Waals surface area contributed by atoms with Crippen molar-refractivity contribution >= 4 is 40.1 Å². The van der Waals surface area contributed by atoms with Crippen molar-refractivity contribution in [2.45, 2.75) is 5.88 Å². The number of nitrogens with two attached hydrogens (primary N) is 1. The van der Waals surface area contributed by atoms with Gasteiger partial charge in [-0.25, -0.2) is 4.39 Å². The Morgan fingerprint density at radius 3 is 2.59 bits per heavy atom. The second-order valence-corrected chi connectivity index (χ2v) is 7.29. The SMILES string of the molecule is C=C/C=C(/Oc1ccc([N+](=O)[O-])cc1F)c1sc(-c2ccc(CCl)cc2)cc1N. The average Bonchev–Trinajstić information content (AvgIpc) is 3.10. The van der Waals surface area contributed by atoms with E-state index in [1.54, 1.807) is 6.08 Å². The topological polar surface area (TPSA) is 78.4 Å². The molecule has 0 saturated carbocycles. The molecule has 5 nitrogen and oxygen atoms in total. The molecule has 8 heteroatoms. The van der Waals surface area contributed by atoms with Gasteiger partial charge in [0, 0.05) is 16.8 Å². The third-order valence-corrected chi connectivity index (χ3v) is 5.52. The average molecular weight is 431 g/mol. The number of nitrogens with zero attached hydrogens (tertiary/aromatic N) is 1. The summed E-state index contributed by atoms with van der Waals surface area (Å²) < 4.78 is 19.9. The first-order chi connectivity index (χ1) is 13.9. The van der Waals surface area contributed by atoms with Gasteiger partial charge in [-0.05, 0) is 29.3 Å². The molecule has 148 valence electrons. The zero-order valence-corrected chi connectivity index (χ0v) is 16.7. The molecule has 0 bridgehead atoms. The monoisotopic (exact) mass is 430 g/mol. The molecule has 1 aromatic heterocycles. The Balaban J connectivity index is 1.94. The van der Waals surface area contributed by atoms with Gasteiger partial charge in [-0.1, -0.05) is 36.9 Å². The van der Waals surface area contributed by atoms with E-state index in [-0.39, 0.29) is 11.4 Å². The fraction of sp³-hybridized carbons (Fsp3) is 0.0476. The zero-order valence-electron chi connectivity index (χ0n) is 15.1. The van der Waals surface area contributed by atoms with E-state index >= 15 is 0 Å². The van der Waals surface area contributed by atoms with Crippen molar-refractivity contribution in [1.82, 2.24) is 0 Å². The molecular formula is C21H16ClFN2O3S. The predicted molar refractivity (Wildman–Crippen MR) is 116 cm³/mol. The highest BCUT2D eigenvalue weighted by atomic mass is 35.5. The first kappa shape index (κ1) is 20.6. The summed E-state index contributed by atoms with van der Waals surface area (Å²) in [6.07, 6.45) is 3.05. The summed E-state index contributed by atoms with van der Waals surface area (Å²) in [7, 11) is 0. The van der Waals surface area contributed by atoms with Crippen molar-refractivity contribution in [3.8, 4) is 16.2 Å². The molecule has 0 atom stereocenters. The van der Waals surface area contributed by atoms with Gasteiger partial charge in [-0.3, -0.25) is 10.1 Å². The quantitative estimate of drug-likeness (QED) is 0.155. The molecule has 0 radical (unpaired) electrons. The number of ether oxygens (including phenoxy) is 1. The molecule has 3 rings (SSSR count). The van der Waals surface area contributed by atoms with Gasteiger partial charge < -0.3 is 10.5 Å². The molecule has 1 heterocycles. The van der Waals surface area contributed by atoms with Gasteiger partial charge in [0.25, 0.3) is 5.69 Å². The summed E-state index contributed by atoms with van der Waals surface area (Å²) in [4.78, 5) is 11.6. The van der Waals surface area contributed by atoms with Gasteiger partial charge in [0.2, 0.25) is 0 Å². The largest absolute Gasteiger partial charge is 0.453 e. The van der Waals surface area contributed by atoms with Crippen LogP contribution < -0.4 is 10.5 Å². The molecule has 0 amide bonds. The second-order valence-electron chi connectivity index (χ2n) is 5.97. The molecule has 0 spiro atoms. The highest BCUT2D eigenvalue weighted by Gasteiger charge is 2.17. The summed E-state index contributed by atoms with van der Waals surface area (Å²) in [5, 5.41) is 10.8. The standard InChI is InChI=1S/C21H16ClFN2O3S/c1-2-3-19(28-18-9-8-15(25(26)27)10-16(18)23)21-17(24)11-20(29-21)14-6-4-13(12-22)5-7-14/h2-11H,1,12,24H2/b19-3+. The number of benzene rings is 2. The van der Waals surface area contributed by atoms with E-state index in [4.69, 9.17) is 22.1 Å². The van der Waals surface area contributed by atoms with Crippen molar-refractivity contribution in [2.24, 2.45) is 0 Å². The fourth-order valence-corrected chi connectivity index (χ4v) is 3.79. The number of hydrogen-bond acceptors (Lipinski definition) is 5. The number of rotatable bonds is 7. The van der Waals surface area contributed by atoms with Crippen LogP contribution in [0, 0.1) is 15.9 Å². The van der Waals surface area contributed by atoms with Crippen LogP contribution in [0.5, 0.6) is 5.75 Å². The van der Waals surface area contributed by atoms with Crippen molar-refractivity contribution in [3.63, 3.8) is 0 Å². The third kappa shape index (κ3) is 4.64. The van der Waals surface area contributed by atoms with E-state index in [0.29, 0.717) is 22.2 Å². The Morgan fingerprint density at radius 1 is 1.28 bits per heavy atom. The minimum absolute atomic E-state index is 0.149. The smallest absolute Gasteiger partial charge is 0.272 e. The van der Waals surface area contributed by atoms with Crippen LogP contribution in [0.25, 0.3) is 16.2 Å². The molecule has 2 aromatic carbocycles. The molecule has 0 aliphatic heterocycles. The fourth-order valence-electron chi connectivity index (χ4n) is 2.57. The Morgan fingerprint density at radius 2 is 2.00 bits per heavy atom. The maximum atomic E-state index is 14.2. The summed E-state index contributed by atoms with van der Waals surface area (Å²) >= 11 is 7.21. The number of nitro groups is 1. The van der Waals surface area contributed by atoms with Gasteiger partial charge >= 0.3 is 0 Å². The molecule has 2 N–H and O–H groups in total. The Bertz CT molecular complexity index is 1090. The summed E-state index contributed by atoms with van der Waals surface area (Å²) in [5.41, 5.74) is 8.24. The number of anilines is 1. The molecule has 29 heavy (non-hydrogen) atoms. The van der Waals surface area contributed by atoms with Crippen LogP contribution >= 0.6 is 22.9 Å². The van der Waals surface area contributed by atoms with Crippen LogP contribution in [-0.2, 0) is 5.88 Å². The Hall–Kier alpha value is -3.16. The van der Waals surface area contributed by atoms with Crippen molar-refractivity contribution in [1.29, 1.82) is 0 Å². The molecule has 0 unspecified atom stereocenters. The van der Waals surface area contributed by atoms with Crippen LogP contribution in [-0.4, -0.2) is 4.92 Å². The zero-order chi connectivity index (χ0) is 21.0. The lowest BCUT2D eigenvalue weighted by molar-refractivity contribution is -0.385. The molecular weight excluding hydrogens is 415 g/mol. The molecule has 0 aliphatic rings. The van der Waals surface area contributed by atoms with Gasteiger partial charge in [0.05, 0.1) is 21.6 Å². The van der Waals surface area contributed by atoms with Crippen molar-refractivity contribution in [2.75, 3.05) is 5.73 Å². The second kappa shape index (κ2) is 8.89. The van der Waals surface area contributed by atoms with Gasteiger partial charge in [0.15, 0.2) is 11.6 Å². The van der Waals surface area contributed by atoms with Crippen molar-refractivity contribution < 1.29 is 14.1 Å². The first-order valence-corrected chi connectivity index (χ1v) is 9.77. The number of thiophene rings is 1. The van der Waals surface area contributed by atoms with Crippen LogP contribution in [0.4, 0.5) is 15.8 Å². The maximum Gasteiger partial charge on any atom is 0.272 e. The predicted octanol–water partition coefficient (Wildman–Crippen LogP) is 6.39. The van der Waals surface area contributed by atoms with E-state index in [9.17, 15) is 14.5 Å². The van der Waals surface area contributed by atoms with Crippen molar-refractivity contribution in [3.05, 3.63) is 93.6 Å². The number of halogens is 2. The Kier molecular flexibility index (Phi) is 6.31. The van der Waals surface area contributed by atoms with Gasteiger partial charge in [-0.15, -0.1) is 22.9 Å². The number of allylic oxidation sites excluding steroid dienone is 2. The molecule has 0 saturated heterocycles. The van der Waals surface area contributed by atoms with E-state index in [2.05, 4.69) is 6.58 Å². The number of alkyl halides is 1. The Labute approximate surface area is 175 Å². The minimum Gasteiger partial charge on any atom is -0.453 e. The van der Waals surface area contributed by atoms with E-state index in [1.807, 2.05) is 30.3 Å². The van der Waals surface area contributed by atoms with Gasteiger partial charge in [0.1, 0.15) is 5.76 Å². The highest BCUT2D eigenvalue weighted by Crippen LogP contribution is 2.39. The summed E-state index contributed by atoms with van der Waals surface area (Å²) in [5.74, 6) is -0.275. The normalized spacial score (nSPS) is 11.3. The first-order valence-electron chi connectivity index (χ1n) is 8.42. The number of non-ortho nitro benzene ring substituents is 1. The van der Waals surface area contributed by atoms with Crippen LogP contribution in [0.2, 0.25) is 0 Å². The number of hydrogen-bond donors (Lipinski definition) is 1. The summed E-state index contributed by atoms with van der Waals surface area (Å²) in [6.45, 7) is 3.65.